The van der Waals surface area contributed by atoms with Crippen LogP contribution in [0.5, 0.6) is 0 Å². The summed E-state index contributed by atoms with van der Waals surface area (Å²) >= 11 is 0. The van der Waals surface area contributed by atoms with Crippen LogP contribution < -0.4 is 0 Å². The molecule has 2 fully saturated rings. The highest BCUT2D eigenvalue weighted by Gasteiger charge is 2.38. The molecule has 2 atom stereocenters. The quantitative estimate of drug-likeness (QED) is 0.927. The largest absolute Gasteiger partial charge is 0.480 e. The Hall–Kier alpha value is -1.84. The Labute approximate surface area is 137 Å². The molecule has 1 saturated heterocycles. The number of rotatable bonds is 4. The van der Waals surface area contributed by atoms with Crippen molar-refractivity contribution in [2.45, 2.75) is 51.0 Å². The summed E-state index contributed by atoms with van der Waals surface area (Å²) in [7, 11) is 0. The normalized spacial score (nSPS) is 30.6. The maximum Gasteiger partial charge on any atom is 0.326 e. The molecule has 4 heteroatoms. The lowest BCUT2D eigenvalue weighted by Crippen LogP contribution is -2.50. The van der Waals surface area contributed by atoms with Crippen molar-refractivity contribution in [1.29, 1.82) is 0 Å². The van der Waals surface area contributed by atoms with Gasteiger partial charge in [0.25, 0.3) is 0 Å². The maximum absolute atomic E-state index is 12.5. The first-order valence-corrected chi connectivity index (χ1v) is 8.61. The van der Waals surface area contributed by atoms with Gasteiger partial charge in [0, 0.05) is 13.0 Å². The van der Waals surface area contributed by atoms with E-state index in [0.29, 0.717) is 37.1 Å². The van der Waals surface area contributed by atoms with Gasteiger partial charge in [-0.3, -0.25) is 4.79 Å². The second-order valence-electron chi connectivity index (χ2n) is 7.22. The van der Waals surface area contributed by atoms with Gasteiger partial charge in [-0.05, 0) is 49.0 Å². The van der Waals surface area contributed by atoms with E-state index in [9.17, 15) is 14.7 Å². The average molecular weight is 315 g/mol. The topological polar surface area (TPSA) is 57.6 Å². The Morgan fingerprint density at radius 2 is 1.87 bits per heavy atom. The van der Waals surface area contributed by atoms with Gasteiger partial charge in [-0.1, -0.05) is 37.3 Å². The number of carboxylic acids is 1. The van der Waals surface area contributed by atoms with Crippen LogP contribution in [0.4, 0.5) is 0 Å². The number of carbonyl (C=O) groups is 2. The van der Waals surface area contributed by atoms with E-state index >= 15 is 0 Å². The Bertz CT molecular complexity index is 565. The highest BCUT2D eigenvalue weighted by atomic mass is 16.4. The van der Waals surface area contributed by atoms with Crippen molar-refractivity contribution < 1.29 is 14.7 Å². The molecule has 1 aliphatic carbocycles. The molecular formula is C19H25NO3. The molecule has 3 rings (SSSR count). The van der Waals surface area contributed by atoms with E-state index in [1.165, 1.54) is 5.56 Å². The monoisotopic (exact) mass is 315 g/mol. The van der Waals surface area contributed by atoms with Gasteiger partial charge in [-0.25, -0.2) is 4.79 Å². The lowest BCUT2D eigenvalue weighted by atomic mass is 9.70. The fourth-order valence-electron chi connectivity index (χ4n) is 3.94. The zero-order valence-electron chi connectivity index (χ0n) is 13.6. The first kappa shape index (κ1) is 16.0. The third kappa shape index (κ3) is 3.57. The van der Waals surface area contributed by atoms with Gasteiger partial charge in [0.1, 0.15) is 6.04 Å². The smallest absolute Gasteiger partial charge is 0.326 e. The van der Waals surface area contributed by atoms with Crippen LogP contribution in [-0.2, 0) is 9.59 Å². The number of hydrogen-bond donors (Lipinski definition) is 1. The van der Waals surface area contributed by atoms with E-state index in [1.807, 2.05) is 6.07 Å². The van der Waals surface area contributed by atoms with Gasteiger partial charge in [-0.2, -0.15) is 0 Å². The van der Waals surface area contributed by atoms with Crippen LogP contribution in [0.3, 0.4) is 0 Å². The summed E-state index contributed by atoms with van der Waals surface area (Å²) in [5, 5.41) is 9.38. The number of nitrogens with zero attached hydrogens (tertiary/aromatic N) is 1. The summed E-state index contributed by atoms with van der Waals surface area (Å²) in [6.45, 7) is 2.65. The predicted octanol–water partition coefficient (Wildman–Crippen LogP) is 3.28. The molecule has 1 amide bonds. The standard InChI is InChI=1S/C19H25NO3/c1-13-7-8-20(17(9-13)19(22)23)18(21)12-14-10-16(11-14)15-5-3-2-4-6-15/h2-6,13-14,16-17H,7-12H2,1H3,(H,22,23). The van der Waals surface area contributed by atoms with Crippen LogP contribution in [0, 0.1) is 11.8 Å². The molecule has 1 N–H and O–H groups in total. The summed E-state index contributed by atoms with van der Waals surface area (Å²) in [5.74, 6) is 0.514. The predicted molar refractivity (Wildman–Crippen MR) is 88.1 cm³/mol. The minimum absolute atomic E-state index is 0.0285. The van der Waals surface area contributed by atoms with Gasteiger partial charge >= 0.3 is 5.97 Å². The van der Waals surface area contributed by atoms with Gasteiger partial charge in [-0.15, -0.1) is 0 Å². The number of carboxylic acid groups (broad SMARTS) is 1. The summed E-state index contributed by atoms with van der Waals surface area (Å²) in [4.78, 5) is 25.6. The third-order valence-electron chi connectivity index (χ3n) is 5.44. The Morgan fingerprint density at radius 3 is 2.52 bits per heavy atom. The molecule has 2 aliphatic rings. The molecule has 0 spiro atoms. The lowest BCUT2D eigenvalue weighted by Gasteiger charge is -2.40. The van der Waals surface area contributed by atoms with Crippen molar-refractivity contribution in [1.82, 2.24) is 4.90 Å². The Kier molecular flexibility index (Phi) is 4.69. The zero-order valence-corrected chi connectivity index (χ0v) is 13.6. The van der Waals surface area contributed by atoms with Crippen LogP contribution in [0.2, 0.25) is 0 Å². The second kappa shape index (κ2) is 6.73. The highest BCUT2D eigenvalue weighted by molar-refractivity contribution is 5.84. The molecule has 0 bridgehead atoms. The Balaban J connectivity index is 1.53. The molecule has 1 aliphatic heterocycles. The number of piperidine rings is 1. The van der Waals surface area contributed by atoms with Gasteiger partial charge < -0.3 is 10.0 Å². The summed E-state index contributed by atoms with van der Waals surface area (Å²) in [5.41, 5.74) is 1.35. The van der Waals surface area contributed by atoms with Crippen LogP contribution in [0.1, 0.15) is 50.5 Å². The minimum atomic E-state index is -0.860. The van der Waals surface area contributed by atoms with E-state index in [1.54, 1.807) is 4.90 Å². The fourth-order valence-corrected chi connectivity index (χ4v) is 3.94. The molecule has 23 heavy (non-hydrogen) atoms. The van der Waals surface area contributed by atoms with Crippen molar-refractivity contribution in [2.75, 3.05) is 6.54 Å². The van der Waals surface area contributed by atoms with Crippen molar-refractivity contribution in [2.24, 2.45) is 11.8 Å². The summed E-state index contributed by atoms with van der Waals surface area (Å²) in [6, 6.07) is 9.80. The van der Waals surface area contributed by atoms with Crippen LogP contribution >= 0.6 is 0 Å². The molecule has 124 valence electrons. The number of amides is 1. The number of hydrogen-bond acceptors (Lipinski definition) is 2. The molecule has 0 aromatic heterocycles. The maximum atomic E-state index is 12.5. The van der Waals surface area contributed by atoms with Crippen molar-refractivity contribution in [3.63, 3.8) is 0 Å². The van der Waals surface area contributed by atoms with E-state index in [2.05, 4.69) is 31.2 Å². The Morgan fingerprint density at radius 1 is 1.17 bits per heavy atom. The van der Waals surface area contributed by atoms with Crippen molar-refractivity contribution in [3.05, 3.63) is 35.9 Å². The molecular weight excluding hydrogens is 290 g/mol. The molecule has 1 saturated carbocycles. The third-order valence-corrected chi connectivity index (χ3v) is 5.44. The van der Waals surface area contributed by atoms with Gasteiger partial charge in [0.15, 0.2) is 0 Å². The van der Waals surface area contributed by atoms with Crippen LogP contribution in [0.15, 0.2) is 30.3 Å². The molecule has 2 unspecified atom stereocenters. The van der Waals surface area contributed by atoms with Gasteiger partial charge in [0.2, 0.25) is 5.91 Å². The molecule has 1 aromatic carbocycles. The highest BCUT2D eigenvalue weighted by Crippen LogP contribution is 2.43. The first-order chi connectivity index (χ1) is 11.0. The van der Waals surface area contributed by atoms with Crippen LogP contribution in [0.25, 0.3) is 0 Å². The SMILES string of the molecule is CC1CCN(C(=O)CC2CC(c3ccccc3)C2)C(C(=O)O)C1. The number of benzene rings is 1. The van der Waals surface area contributed by atoms with Crippen LogP contribution in [-0.4, -0.2) is 34.5 Å². The number of likely N-dealkylation sites (tertiary alicyclic amines) is 1. The molecule has 0 radical (unpaired) electrons. The van der Waals surface area contributed by atoms with E-state index < -0.39 is 12.0 Å². The molecule has 1 aromatic rings. The summed E-state index contributed by atoms with van der Waals surface area (Å²) < 4.78 is 0. The molecule has 1 heterocycles. The molecule has 4 nitrogen and oxygen atoms in total. The van der Waals surface area contributed by atoms with E-state index in [-0.39, 0.29) is 5.91 Å². The van der Waals surface area contributed by atoms with E-state index in [4.69, 9.17) is 0 Å². The number of carbonyl (C=O) groups excluding carboxylic acids is 1. The van der Waals surface area contributed by atoms with Crippen molar-refractivity contribution >= 4 is 11.9 Å². The minimum Gasteiger partial charge on any atom is -0.480 e. The average Bonchev–Trinajstić information content (AvgIpc) is 2.51. The fraction of sp³-hybridized carbons (Fsp3) is 0.579. The van der Waals surface area contributed by atoms with Crippen molar-refractivity contribution in [3.8, 4) is 0 Å². The van der Waals surface area contributed by atoms with Gasteiger partial charge in [0.05, 0.1) is 0 Å². The summed E-state index contributed by atoms with van der Waals surface area (Å²) in [6.07, 6.45) is 4.07. The number of aliphatic carboxylic acids is 1. The van der Waals surface area contributed by atoms with E-state index in [0.717, 1.165) is 19.3 Å². The zero-order chi connectivity index (χ0) is 16.4. The second-order valence-corrected chi connectivity index (χ2v) is 7.22. The first-order valence-electron chi connectivity index (χ1n) is 8.61. The lowest BCUT2D eigenvalue weighted by molar-refractivity contribution is -0.153.